The fourth-order valence-corrected chi connectivity index (χ4v) is 4.78. The second-order valence-corrected chi connectivity index (χ2v) is 8.76. The maximum Gasteiger partial charge on any atom is 0.254 e. The third-order valence-electron chi connectivity index (χ3n) is 6.36. The number of hydrogen-bond donors (Lipinski definition) is 4. The molecule has 0 aromatic heterocycles. The van der Waals surface area contributed by atoms with Gasteiger partial charge in [0.25, 0.3) is 11.8 Å². The molecule has 0 atom stereocenters. The predicted molar refractivity (Wildman–Crippen MR) is 124 cm³/mol. The number of nitrogens with one attached hydrogen (secondary N) is 3. The van der Waals surface area contributed by atoms with E-state index in [1.54, 1.807) is 25.1 Å². The van der Waals surface area contributed by atoms with Gasteiger partial charge in [-0.15, -0.1) is 0 Å². The molecule has 2 fully saturated rings. The molecule has 2 aliphatic rings. The monoisotopic (exact) mass is 432 g/mol. The molecule has 4 rings (SSSR count). The number of carbonyl (C=O) groups excluding carboxylic acids is 2. The molecule has 0 unspecified atom stereocenters. The number of ether oxygens (including phenoxy) is 1. The normalized spacial score (nSPS) is 24.4. The molecule has 2 aliphatic carbocycles. The van der Waals surface area contributed by atoms with Gasteiger partial charge in [0.05, 0.1) is 17.2 Å². The van der Waals surface area contributed by atoms with E-state index in [0.717, 1.165) is 37.6 Å². The molecule has 0 aliphatic heterocycles. The highest BCUT2D eigenvalue weighted by atomic mass is 16.5. The third kappa shape index (κ3) is 4.51. The Kier molecular flexibility index (Phi) is 5.99. The molecule has 0 heterocycles. The van der Waals surface area contributed by atoms with Gasteiger partial charge in [-0.05, 0) is 62.3 Å². The van der Waals surface area contributed by atoms with Crippen molar-refractivity contribution in [3.63, 3.8) is 0 Å². The number of amides is 2. The van der Waals surface area contributed by atoms with E-state index in [-0.39, 0.29) is 23.5 Å². The van der Waals surface area contributed by atoms with Gasteiger partial charge in [-0.3, -0.25) is 9.59 Å². The highest BCUT2D eigenvalue weighted by molar-refractivity contribution is 6.12. The first-order valence-corrected chi connectivity index (χ1v) is 10.8. The number of para-hydroxylation sites is 2. The maximum atomic E-state index is 12.7. The molecule has 2 aromatic rings. The van der Waals surface area contributed by atoms with Crippen molar-refractivity contribution in [1.82, 2.24) is 5.32 Å². The van der Waals surface area contributed by atoms with Gasteiger partial charge in [0.2, 0.25) is 0 Å². The Morgan fingerprint density at radius 2 is 1.72 bits per heavy atom. The van der Waals surface area contributed by atoms with E-state index < -0.39 is 5.91 Å². The molecule has 7 nitrogen and oxygen atoms in total. The van der Waals surface area contributed by atoms with Crippen molar-refractivity contribution in [2.24, 2.45) is 11.1 Å². The van der Waals surface area contributed by atoms with Crippen LogP contribution in [-0.4, -0.2) is 30.2 Å². The Morgan fingerprint density at radius 3 is 2.38 bits per heavy atom. The summed E-state index contributed by atoms with van der Waals surface area (Å²) in [6, 6.07) is 16.7. The lowest BCUT2D eigenvalue weighted by molar-refractivity contribution is -0.123. The minimum Gasteiger partial charge on any atom is -0.490 e. The lowest BCUT2D eigenvalue weighted by atomic mass is 9.53. The largest absolute Gasteiger partial charge is 0.490 e. The number of hydrogen-bond acceptors (Lipinski definition) is 5. The summed E-state index contributed by atoms with van der Waals surface area (Å²) < 4.78 is 6.00. The van der Waals surface area contributed by atoms with Crippen LogP contribution in [-0.2, 0) is 4.79 Å². The summed E-state index contributed by atoms with van der Waals surface area (Å²) in [6.07, 6.45) is 4.74. The Labute approximate surface area is 187 Å². The first-order chi connectivity index (χ1) is 15.4. The lowest BCUT2D eigenvalue weighted by Crippen LogP contribution is -2.59. The van der Waals surface area contributed by atoms with Crippen LogP contribution in [0.25, 0.3) is 0 Å². The van der Waals surface area contributed by atoms with Crippen LogP contribution in [0, 0.1) is 10.8 Å². The van der Waals surface area contributed by atoms with Crippen LogP contribution in [0.3, 0.4) is 0 Å². The van der Waals surface area contributed by atoms with E-state index in [1.165, 1.54) is 0 Å². The summed E-state index contributed by atoms with van der Waals surface area (Å²) in [7, 11) is 0. The molecule has 0 radical (unpaired) electrons. The Hall–Kier alpha value is -3.61. The van der Waals surface area contributed by atoms with Crippen molar-refractivity contribution in [1.29, 1.82) is 5.41 Å². The summed E-state index contributed by atoms with van der Waals surface area (Å²) in [5.41, 5.74) is 7.85. The molecular formula is C25H28N4O3. The highest BCUT2D eigenvalue weighted by Crippen LogP contribution is 2.56. The Bertz CT molecular complexity index is 1050. The fraction of sp³-hybridized carbons (Fsp3) is 0.320. The van der Waals surface area contributed by atoms with Gasteiger partial charge in [0, 0.05) is 23.6 Å². The van der Waals surface area contributed by atoms with Crippen LogP contribution in [0.1, 0.15) is 43.0 Å². The second-order valence-electron chi connectivity index (χ2n) is 8.76. The smallest absolute Gasteiger partial charge is 0.254 e. The molecule has 32 heavy (non-hydrogen) atoms. The van der Waals surface area contributed by atoms with Crippen molar-refractivity contribution in [2.45, 2.75) is 44.8 Å². The van der Waals surface area contributed by atoms with E-state index in [4.69, 9.17) is 15.9 Å². The molecule has 0 bridgehead atoms. The van der Waals surface area contributed by atoms with E-state index in [0.29, 0.717) is 22.6 Å². The number of anilines is 1. The second kappa shape index (κ2) is 8.86. The minimum atomic E-state index is -0.492. The van der Waals surface area contributed by atoms with Crippen molar-refractivity contribution >= 4 is 23.7 Å². The van der Waals surface area contributed by atoms with Crippen LogP contribution < -0.4 is 21.1 Å². The summed E-state index contributed by atoms with van der Waals surface area (Å²) in [6.45, 7) is 1.80. The zero-order chi connectivity index (χ0) is 22.7. The van der Waals surface area contributed by atoms with Gasteiger partial charge in [-0.25, -0.2) is 0 Å². The predicted octanol–water partition coefficient (Wildman–Crippen LogP) is 3.63. The number of benzene rings is 2. The van der Waals surface area contributed by atoms with Crippen LogP contribution in [0.15, 0.2) is 65.9 Å². The van der Waals surface area contributed by atoms with Gasteiger partial charge in [-0.1, -0.05) is 30.3 Å². The fourth-order valence-electron chi connectivity index (χ4n) is 4.78. The van der Waals surface area contributed by atoms with Crippen LogP contribution in [0.4, 0.5) is 5.69 Å². The van der Waals surface area contributed by atoms with Gasteiger partial charge >= 0.3 is 0 Å². The topological polar surface area (TPSA) is 117 Å². The molecule has 0 saturated heterocycles. The van der Waals surface area contributed by atoms with Gasteiger partial charge in [0.1, 0.15) is 5.75 Å². The lowest BCUT2D eigenvalue weighted by Gasteiger charge is -2.57. The minimum absolute atomic E-state index is 0.0569. The van der Waals surface area contributed by atoms with Gasteiger partial charge in [0.15, 0.2) is 0 Å². The van der Waals surface area contributed by atoms with Crippen molar-refractivity contribution < 1.29 is 14.3 Å². The molecule has 2 aromatic carbocycles. The summed E-state index contributed by atoms with van der Waals surface area (Å²) in [5, 5.41) is 13.9. The highest BCUT2D eigenvalue weighted by Gasteiger charge is 2.54. The Morgan fingerprint density at radius 1 is 1.06 bits per heavy atom. The van der Waals surface area contributed by atoms with Crippen LogP contribution >= 0.6 is 0 Å². The van der Waals surface area contributed by atoms with Gasteiger partial charge in [-0.2, -0.15) is 0 Å². The SMILES string of the molecule is C/C(Nc1ccccc1)=C(/C=N)C(=O)NC1CC2(C1)CC(Oc1ccccc1C(N)=O)C2. The van der Waals surface area contributed by atoms with E-state index >= 15 is 0 Å². The summed E-state index contributed by atoms with van der Waals surface area (Å²) in [5.74, 6) is -0.192. The molecule has 2 saturated carbocycles. The number of allylic oxidation sites excluding steroid dienone is 1. The maximum absolute atomic E-state index is 12.7. The molecular weight excluding hydrogens is 404 g/mol. The molecule has 2 amide bonds. The van der Waals surface area contributed by atoms with Crippen molar-refractivity contribution in [2.75, 3.05) is 5.32 Å². The average molecular weight is 433 g/mol. The third-order valence-corrected chi connectivity index (χ3v) is 6.36. The number of primary amides is 1. The zero-order valence-electron chi connectivity index (χ0n) is 18.1. The summed E-state index contributed by atoms with van der Waals surface area (Å²) >= 11 is 0. The van der Waals surface area contributed by atoms with E-state index in [2.05, 4.69) is 10.6 Å². The van der Waals surface area contributed by atoms with Crippen molar-refractivity contribution in [3.05, 3.63) is 71.4 Å². The number of rotatable bonds is 8. The quantitative estimate of drug-likeness (QED) is 0.376. The van der Waals surface area contributed by atoms with Crippen molar-refractivity contribution in [3.8, 4) is 5.75 Å². The Balaban J connectivity index is 1.27. The standard InChI is InChI=1S/C25H28N4O3/c1-16(28-17-7-3-2-4-8-17)21(15-26)24(31)29-18-11-25(12-18)13-19(14-25)32-22-10-6-5-9-20(22)23(27)30/h2-10,15,18-19,26,28H,11-14H2,1H3,(H2,27,30)(H,29,31)/b21-16+,26-15?. The molecule has 166 valence electrons. The number of carbonyl (C=O) groups is 2. The first kappa shape index (κ1) is 21.6. The molecule has 5 N–H and O–H groups in total. The van der Waals surface area contributed by atoms with E-state index in [9.17, 15) is 9.59 Å². The van der Waals surface area contributed by atoms with Crippen LogP contribution in [0.5, 0.6) is 5.75 Å². The van der Waals surface area contributed by atoms with Gasteiger partial charge < -0.3 is 26.5 Å². The zero-order valence-corrected chi connectivity index (χ0v) is 18.1. The van der Waals surface area contributed by atoms with Crippen LogP contribution in [0.2, 0.25) is 0 Å². The first-order valence-electron chi connectivity index (χ1n) is 10.8. The average Bonchev–Trinajstić information content (AvgIpc) is 2.72. The van der Waals surface area contributed by atoms with E-state index in [1.807, 2.05) is 36.4 Å². The number of nitrogens with two attached hydrogens (primary N) is 1. The molecule has 7 heteroatoms. The summed E-state index contributed by atoms with van der Waals surface area (Å²) in [4.78, 5) is 24.3. The molecule has 1 spiro atoms.